The smallest absolute Gasteiger partial charge is 0.385 e. The maximum atomic E-state index is 11.8. The Labute approximate surface area is 216 Å². The van der Waals surface area contributed by atoms with Crippen LogP contribution in [0.25, 0.3) is 11.1 Å². The van der Waals surface area contributed by atoms with Crippen molar-refractivity contribution in [2.45, 2.75) is 31.4 Å². The maximum absolute atomic E-state index is 11.8. The molecule has 0 saturated heterocycles. The molecule has 1 heterocycles. The molecule has 10 heteroatoms. The summed E-state index contributed by atoms with van der Waals surface area (Å²) in [6.45, 7) is 1.34. The van der Waals surface area contributed by atoms with Gasteiger partial charge in [0.25, 0.3) is 0 Å². The molecule has 3 N–H and O–H groups in total. The lowest BCUT2D eigenvalue weighted by atomic mass is 10.0. The number of benzene rings is 2. The lowest BCUT2D eigenvalue weighted by Crippen LogP contribution is -2.20. The number of nitrogens with one attached hydrogen (secondary N) is 1. The van der Waals surface area contributed by atoms with Crippen LogP contribution in [0.15, 0.2) is 60.9 Å². The van der Waals surface area contributed by atoms with E-state index in [0.29, 0.717) is 5.82 Å². The van der Waals surface area contributed by atoms with Crippen LogP contribution in [0, 0.1) is 17.8 Å². The zero-order chi connectivity index (χ0) is 26.6. The molecule has 9 nitrogen and oxygen atoms in total. The summed E-state index contributed by atoms with van der Waals surface area (Å²) in [5.74, 6) is 6.94. The number of phosphoric acid groups is 1. The van der Waals surface area contributed by atoms with E-state index in [1.807, 2.05) is 24.3 Å². The number of phosphoric ester groups is 1. The summed E-state index contributed by atoms with van der Waals surface area (Å²) in [5, 5.41) is 12.7. The summed E-state index contributed by atoms with van der Waals surface area (Å²) >= 11 is 0. The second-order valence-electron chi connectivity index (χ2n) is 8.86. The Hall–Kier alpha value is -3.25. The van der Waals surface area contributed by atoms with Gasteiger partial charge in [0.15, 0.2) is 0 Å². The summed E-state index contributed by atoms with van der Waals surface area (Å²) in [7, 11) is -1.45. The molecule has 1 aliphatic rings. The SMILES string of the molecule is CNC(=O)[C@H]1C[C@@H]1c1ccc(-c2ccc(C#C[C@@H](COP(=O)(O)OC)n3ccnc3[C@H](C)O)cc2)cc1. The molecule has 1 saturated carbocycles. The van der Waals surface area contributed by atoms with Gasteiger partial charge in [-0.05, 0) is 48.1 Å². The number of aromatic nitrogens is 2. The summed E-state index contributed by atoms with van der Waals surface area (Å²) in [4.78, 5) is 25.6. The van der Waals surface area contributed by atoms with Gasteiger partial charge in [0.1, 0.15) is 18.0 Å². The van der Waals surface area contributed by atoms with Gasteiger partial charge in [-0.3, -0.25) is 13.8 Å². The monoisotopic (exact) mass is 523 g/mol. The molecule has 4 rings (SSSR count). The highest BCUT2D eigenvalue weighted by molar-refractivity contribution is 7.47. The topological polar surface area (TPSA) is 123 Å². The van der Waals surface area contributed by atoms with Crippen LogP contribution in [0.3, 0.4) is 0 Å². The van der Waals surface area contributed by atoms with E-state index < -0.39 is 20.0 Å². The highest BCUT2D eigenvalue weighted by atomic mass is 31.2. The summed E-state index contributed by atoms with van der Waals surface area (Å²) in [5.41, 5.74) is 4.01. The van der Waals surface area contributed by atoms with Gasteiger partial charge in [0, 0.05) is 38.0 Å². The van der Waals surface area contributed by atoms with E-state index in [2.05, 4.69) is 50.9 Å². The van der Waals surface area contributed by atoms with Gasteiger partial charge < -0.3 is 19.9 Å². The fourth-order valence-electron chi connectivity index (χ4n) is 4.19. The minimum atomic E-state index is -4.20. The number of hydrogen-bond acceptors (Lipinski definition) is 6. The fraction of sp³-hybridized carbons (Fsp3) is 0.333. The molecule has 194 valence electrons. The minimum Gasteiger partial charge on any atom is -0.385 e. The van der Waals surface area contributed by atoms with Crippen LogP contribution in [0.2, 0.25) is 0 Å². The predicted molar refractivity (Wildman–Crippen MR) is 138 cm³/mol. The highest BCUT2D eigenvalue weighted by Gasteiger charge is 2.43. The zero-order valence-corrected chi connectivity index (χ0v) is 21.8. The van der Waals surface area contributed by atoms with Gasteiger partial charge in [-0.25, -0.2) is 9.55 Å². The van der Waals surface area contributed by atoms with E-state index in [4.69, 9.17) is 4.52 Å². The van der Waals surface area contributed by atoms with Crippen molar-refractivity contribution < 1.29 is 28.4 Å². The third kappa shape index (κ3) is 6.55. The Kier molecular flexibility index (Phi) is 8.28. The number of rotatable bonds is 9. The molecule has 5 atom stereocenters. The van der Waals surface area contributed by atoms with Crippen LogP contribution in [-0.2, 0) is 18.4 Å². The summed E-state index contributed by atoms with van der Waals surface area (Å²) in [6.07, 6.45) is 3.18. The summed E-state index contributed by atoms with van der Waals surface area (Å²) < 4.78 is 23.0. The van der Waals surface area contributed by atoms with E-state index >= 15 is 0 Å². The van der Waals surface area contributed by atoms with Crippen molar-refractivity contribution in [3.8, 4) is 23.0 Å². The molecule has 0 radical (unpaired) electrons. The van der Waals surface area contributed by atoms with Crippen molar-refractivity contribution in [1.29, 1.82) is 0 Å². The first kappa shape index (κ1) is 26.8. The van der Waals surface area contributed by atoms with Crippen molar-refractivity contribution in [1.82, 2.24) is 14.9 Å². The fourth-order valence-corrected chi connectivity index (χ4v) is 4.63. The number of hydrogen-bond donors (Lipinski definition) is 3. The number of carbonyl (C=O) groups is 1. The van der Waals surface area contributed by atoms with Gasteiger partial charge in [-0.2, -0.15) is 0 Å². The van der Waals surface area contributed by atoms with Crippen LogP contribution in [0.4, 0.5) is 0 Å². The lowest BCUT2D eigenvalue weighted by Gasteiger charge is -2.18. The second-order valence-corrected chi connectivity index (χ2v) is 10.4. The van der Waals surface area contributed by atoms with Crippen LogP contribution >= 0.6 is 7.82 Å². The van der Waals surface area contributed by atoms with Gasteiger partial charge in [-0.15, -0.1) is 0 Å². The van der Waals surface area contributed by atoms with Crippen LogP contribution < -0.4 is 5.32 Å². The normalized spacial score (nSPS) is 19.7. The Morgan fingerprint density at radius 3 is 2.46 bits per heavy atom. The number of carbonyl (C=O) groups excluding carboxylic acids is 1. The average Bonchev–Trinajstić information content (AvgIpc) is 3.56. The standard InChI is InChI=1S/C27H30N3O6P/c1-18(31)26-29-14-15-30(26)23(17-36-37(33,34)35-3)13-6-19-4-7-20(8-5-19)21-9-11-22(12-10-21)24-16-25(24)27(32)28-2/h4-5,7-12,14-15,18,23-25,31H,16-17H2,1-3H3,(H,28,32)(H,33,34)/t18-,23-,24+,25-/m0/s1. The van der Waals surface area contributed by atoms with Gasteiger partial charge in [0.2, 0.25) is 5.91 Å². The first-order chi connectivity index (χ1) is 17.7. The Morgan fingerprint density at radius 1 is 1.22 bits per heavy atom. The van der Waals surface area contributed by atoms with Crippen molar-refractivity contribution in [2.75, 3.05) is 20.8 Å². The van der Waals surface area contributed by atoms with E-state index in [1.165, 1.54) is 11.8 Å². The van der Waals surface area contributed by atoms with E-state index in [0.717, 1.165) is 30.2 Å². The van der Waals surface area contributed by atoms with Crippen molar-refractivity contribution in [3.63, 3.8) is 0 Å². The highest BCUT2D eigenvalue weighted by Crippen LogP contribution is 2.47. The van der Waals surface area contributed by atoms with Crippen molar-refractivity contribution in [2.24, 2.45) is 5.92 Å². The van der Waals surface area contributed by atoms with E-state index in [9.17, 15) is 19.4 Å². The molecule has 1 amide bonds. The van der Waals surface area contributed by atoms with Crippen LogP contribution in [0.5, 0.6) is 0 Å². The molecule has 3 aromatic rings. The summed E-state index contributed by atoms with van der Waals surface area (Å²) in [6, 6.07) is 15.3. The molecule has 0 bridgehead atoms. The number of imidazole rings is 1. The molecule has 1 aliphatic carbocycles. The minimum absolute atomic E-state index is 0.0701. The first-order valence-corrected chi connectivity index (χ1v) is 13.4. The molecular formula is C27H30N3O6P. The number of aliphatic hydroxyl groups is 1. The maximum Gasteiger partial charge on any atom is 0.472 e. The predicted octanol–water partition coefficient (Wildman–Crippen LogP) is 3.81. The van der Waals surface area contributed by atoms with Crippen LogP contribution in [-0.4, -0.2) is 46.2 Å². The Morgan fingerprint density at radius 2 is 1.86 bits per heavy atom. The number of aliphatic hydroxyl groups excluding tert-OH is 1. The van der Waals surface area contributed by atoms with E-state index in [-0.39, 0.29) is 24.3 Å². The molecule has 1 fully saturated rings. The quantitative estimate of drug-likeness (QED) is 0.288. The van der Waals surface area contributed by atoms with Gasteiger partial charge in [0.05, 0.1) is 6.61 Å². The Balaban J connectivity index is 1.49. The third-order valence-corrected chi connectivity index (χ3v) is 7.28. The van der Waals surface area contributed by atoms with Crippen LogP contribution in [0.1, 0.15) is 48.4 Å². The average molecular weight is 524 g/mol. The van der Waals surface area contributed by atoms with Crippen molar-refractivity contribution >= 4 is 13.7 Å². The molecular weight excluding hydrogens is 493 g/mol. The molecule has 0 spiro atoms. The van der Waals surface area contributed by atoms with Gasteiger partial charge >= 0.3 is 7.82 Å². The molecule has 37 heavy (non-hydrogen) atoms. The lowest BCUT2D eigenvalue weighted by molar-refractivity contribution is -0.121. The number of amides is 1. The van der Waals surface area contributed by atoms with Crippen molar-refractivity contribution in [3.05, 3.63) is 77.9 Å². The zero-order valence-electron chi connectivity index (χ0n) is 20.9. The molecule has 2 aromatic carbocycles. The molecule has 1 aromatic heterocycles. The van der Waals surface area contributed by atoms with E-state index in [1.54, 1.807) is 24.7 Å². The number of nitrogens with zero attached hydrogens (tertiary/aromatic N) is 2. The van der Waals surface area contributed by atoms with Gasteiger partial charge in [-0.1, -0.05) is 48.2 Å². The third-order valence-electron chi connectivity index (χ3n) is 6.35. The molecule has 0 aliphatic heterocycles. The first-order valence-electron chi connectivity index (χ1n) is 11.9. The second kappa shape index (κ2) is 11.4. The Bertz CT molecular complexity index is 1340. The largest absolute Gasteiger partial charge is 0.472 e. The molecule has 1 unspecified atom stereocenters.